The molecule has 16 heavy (non-hydrogen) atoms. The van der Waals surface area contributed by atoms with E-state index in [1.165, 1.54) is 0 Å². The summed E-state index contributed by atoms with van der Waals surface area (Å²) in [5.41, 5.74) is 0.970. The van der Waals surface area contributed by atoms with Gasteiger partial charge >= 0.3 is 0 Å². The molecule has 0 fully saturated rings. The van der Waals surface area contributed by atoms with E-state index in [1.807, 2.05) is 22.2 Å². The maximum Gasteiger partial charge on any atom is 0.195 e. The molecule has 0 unspecified atom stereocenters. The topological polar surface area (TPSA) is 35.1 Å². The molecule has 0 spiro atoms. The summed E-state index contributed by atoms with van der Waals surface area (Å²) in [7, 11) is 0. The second-order valence-corrected chi connectivity index (χ2v) is 5.56. The molecule has 7 heteroatoms. The summed E-state index contributed by atoms with van der Waals surface area (Å²) in [6, 6.07) is 0. The zero-order chi connectivity index (χ0) is 11.1. The van der Waals surface area contributed by atoms with Crippen LogP contribution in [0.15, 0.2) is 24.0 Å². The van der Waals surface area contributed by atoms with Gasteiger partial charge in [0.2, 0.25) is 0 Å². The van der Waals surface area contributed by atoms with Gasteiger partial charge in [-0.15, -0.1) is 22.9 Å². The predicted octanol–water partition coefficient (Wildman–Crippen LogP) is 2.92. The highest BCUT2D eigenvalue weighted by Gasteiger charge is 2.14. The molecule has 0 N–H and O–H groups in total. The van der Waals surface area contributed by atoms with E-state index in [1.54, 1.807) is 22.2 Å². The first-order chi connectivity index (χ1) is 7.79. The molecule has 0 aromatic carbocycles. The Labute approximate surface area is 114 Å². The van der Waals surface area contributed by atoms with Crippen LogP contribution in [0.25, 0.3) is 10.8 Å². The fourth-order valence-electron chi connectivity index (χ4n) is 1.55. The van der Waals surface area contributed by atoms with E-state index in [9.17, 15) is 0 Å². The number of alkyl halides is 1. The van der Waals surface area contributed by atoms with E-state index in [2.05, 4.69) is 32.7 Å². The van der Waals surface area contributed by atoms with Crippen molar-refractivity contribution in [3.63, 3.8) is 0 Å². The fraction of sp³-hybridized carbons (Fsp3) is 0.111. The highest BCUT2D eigenvalue weighted by Crippen LogP contribution is 2.22. The summed E-state index contributed by atoms with van der Waals surface area (Å²) in [5.74, 6) is 1.23. The van der Waals surface area contributed by atoms with Crippen LogP contribution < -0.4 is 0 Å². The van der Waals surface area contributed by atoms with Gasteiger partial charge in [0, 0.05) is 17.8 Å². The van der Waals surface area contributed by atoms with E-state index in [0.717, 1.165) is 20.0 Å². The lowest BCUT2D eigenvalue weighted by Crippen LogP contribution is -1.99. The van der Waals surface area contributed by atoms with Crippen molar-refractivity contribution in [1.82, 2.24) is 19.2 Å². The highest BCUT2D eigenvalue weighted by atomic mass is 127. The zero-order valence-electron chi connectivity index (χ0n) is 7.97. The summed E-state index contributed by atoms with van der Waals surface area (Å²) in [4.78, 5) is 5.46. The molecule has 0 amide bonds. The average molecular weight is 365 g/mol. The number of halogens is 2. The van der Waals surface area contributed by atoms with Gasteiger partial charge in [-0.05, 0) is 22.6 Å². The van der Waals surface area contributed by atoms with Crippen molar-refractivity contribution < 1.29 is 0 Å². The maximum atomic E-state index is 5.97. The second-order valence-electron chi connectivity index (χ2n) is 3.17. The first-order valence-corrected chi connectivity index (χ1v) is 7.00. The van der Waals surface area contributed by atoms with Crippen molar-refractivity contribution in [2.24, 2.45) is 0 Å². The van der Waals surface area contributed by atoms with Crippen LogP contribution in [-0.4, -0.2) is 19.2 Å². The number of nitrogens with zero attached hydrogens (tertiary/aromatic N) is 4. The number of imidazole rings is 1. The normalized spacial score (nSPS) is 11.4. The Morgan fingerprint density at radius 1 is 1.50 bits per heavy atom. The molecule has 0 bridgehead atoms. The van der Waals surface area contributed by atoms with Crippen LogP contribution in [0.1, 0.15) is 5.69 Å². The number of hydrogen-bond donors (Lipinski definition) is 0. The summed E-state index contributed by atoms with van der Waals surface area (Å²) < 4.78 is 4.84. The molecule has 0 saturated heterocycles. The van der Waals surface area contributed by atoms with Gasteiger partial charge in [-0.25, -0.2) is 4.68 Å². The first-order valence-electron chi connectivity index (χ1n) is 4.50. The largest absolute Gasteiger partial charge is 0.291 e. The minimum Gasteiger partial charge on any atom is -0.291 e. The fourth-order valence-corrected chi connectivity index (χ4v) is 2.91. The van der Waals surface area contributed by atoms with Crippen LogP contribution in [0.2, 0.25) is 0 Å². The lowest BCUT2D eigenvalue weighted by atomic mass is 10.5. The van der Waals surface area contributed by atoms with Gasteiger partial charge in [-0.3, -0.25) is 4.40 Å². The SMILES string of the molecule is ClCc1c(-n2cc(I)cn2)nc2sccn12. The standard InChI is InChI=1S/C9H6ClIN4S/c10-3-7-8(15-5-6(11)4-12-15)13-9-14(7)1-2-16-9/h1-2,4-5H,3H2. The first kappa shape index (κ1) is 10.5. The Balaban J connectivity index is 2.26. The van der Waals surface area contributed by atoms with Crippen LogP contribution in [0.5, 0.6) is 0 Å². The van der Waals surface area contributed by atoms with Crippen LogP contribution in [0.3, 0.4) is 0 Å². The molecule has 3 heterocycles. The molecule has 3 aromatic heterocycles. The summed E-state index contributed by atoms with van der Waals surface area (Å²) >= 11 is 9.78. The molecule has 3 rings (SSSR count). The van der Waals surface area contributed by atoms with E-state index in [0.29, 0.717) is 5.88 Å². The highest BCUT2D eigenvalue weighted by molar-refractivity contribution is 14.1. The minimum atomic E-state index is 0.420. The molecule has 4 nitrogen and oxygen atoms in total. The Hall–Kier alpha value is -0.600. The molecule has 0 atom stereocenters. The van der Waals surface area contributed by atoms with Crippen molar-refractivity contribution >= 4 is 50.5 Å². The smallest absolute Gasteiger partial charge is 0.195 e. The molecule has 82 valence electrons. The average Bonchev–Trinajstić information content (AvgIpc) is 2.90. The van der Waals surface area contributed by atoms with Gasteiger partial charge in [0.25, 0.3) is 0 Å². The third-order valence-corrected chi connectivity index (χ3v) is 3.80. The van der Waals surface area contributed by atoms with Crippen LogP contribution in [0.4, 0.5) is 0 Å². The van der Waals surface area contributed by atoms with Gasteiger partial charge in [0.15, 0.2) is 10.8 Å². The summed E-state index contributed by atoms with van der Waals surface area (Å²) in [6.45, 7) is 0. The Morgan fingerprint density at radius 2 is 2.38 bits per heavy atom. The minimum absolute atomic E-state index is 0.420. The molecular weight excluding hydrogens is 359 g/mol. The maximum absolute atomic E-state index is 5.97. The van der Waals surface area contributed by atoms with Gasteiger partial charge in [0.1, 0.15) is 0 Å². The zero-order valence-corrected chi connectivity index (χ0v) is 11.7. The van der Waals surface area contributed by atoms with Crippen molar-refractivity contribution in [3.05, 3.63) is 33.2 Å². The third-order valence-electron chi connectivity index (χ3n) is 2.23. The van der Waals surface area contributed by atoms with Crippen LogP contribution in [-0.2, 0) is 5.88 Å². The summed E-state index contributed by atoms with van der Waals surface area (Å²) in [6.07, 6.45) is 5.71. The number of thiazole rings is 1. The molecule has 0 radical (unpaired) electrons. The monoisotopic (exact) mass is 364 g/mol. The Morgan fingerprint density at radius 3 is 3.06 bits per heavy atom. The number of fused-ring (bicyclic) bond motifs is 1. The van der Waals surface area contributed by atoms with Crippen molar-refractivity contribution in [2.75, 3.05) is 0 Å². The molecule has 0 aliphatic heterocycles. The third kappa shape index (κ3) is 1.56. The lowest BCUT2D eigenvalue weighted by molar-refractivity contribution is 0.843. The van der Waals surface area contributed by atoms with Gasteiger partial charge < -0.3 is 0 Å². The lowest BCUT2D eigenvalue weighted by Gasteiger charge is -1.99. The Kier molecular flexibility index (Phi) is 2.64. The van der Waals surface area contributed by atoms with E-state index >= 15 is 0 Å². The molecule has 0 aliphatic rings. The van der Waals surface area contributed by atoms with E-state index < -0.39 is 0 Å². The quantitative estimate of drug-likeness (QED) is 0.518. The van der Waals surface area contributed by atoms with Crippen LogP contribution in [0, 0.1) is 3.57 Å². The van der Waals surface area contributed by atoms with Gasteiger partial charge in [0.05, 0.1) is 21.3 Å². The van der Waals surface area contributed by atoms with Crippen molar-refractivity contribution in [1.29, 1.82) is 0 Å². The molecule has 0 aliphatic carbocycles. The summed E-state index contributed by atoms with van der Waals surface area (Å²) in [5, 5.41) is 6.24. The predicted molar refractivity (Wildman–Crippen MR) is 72.5 cm³/mol. The molecule has 0 saturated carbocycles. The molecular formula is C9H6ClIN4S. The van der Waals surface area contributed by atoms with Crippen molar-refractivity contribution in [3.8, 4) is 5.82 Å². The Bertz CT molecular complexity index is 641. The molecule has 3 aromatic rings. The number of aromatic nitrogens is 4. The number of hydrogen-bond acceptors (Lipinski definition) is 3. The van der Waals surface area contributed by atoms with E-state index in [-0.39, 0.29) is 0 Å². The second kappa shape index (κ2) is 4.01. The number of rotatable bonds is 2. The van der Waals surface area contributed by atoms with Crippen LogP contribution >= 0.6 is 45.5 Å². The van der Waals surface area contributed by atoms with E-state index in [4.69, 9.17) is 11.6 Å². The van der Waals surface area contributed by atoms with Gasteiger partial charge in [-0.2, -0.15) is 10.1 Å². The van der Waals surface area contributed by atoms with Gasteiger partial charge in [-0.1, -0.05) is 0 Å². The van der Waals surface area contributed by atoms with Crippen molar-refractivity contribution in [2.45, 2.75) is 5.88 Å².